The topological polar surface area (TPSA) is 39.4 Å². The molecule has 3 nitrogen and oxygen atoms in total. The Morgan fingerprint density at radius 2 is 2.38 bits per heavy atom. The van der Waals surface area contributed by atoms with E-state index < -0.39 is 0 Å². The van der Waals surface area contributed by atoms with E-state index in [-0.39, 0.29) is 18.5 Å². The van der Waals surface area contributed by atoms with Crippen LogP contribution in [0.4, 0.5) is 0 Å². The lowest BCUT2D eigenvalue weighted by Crippen LogP contribution is -2.21. The monoisotopic (exact) mass is 218 g/mol. The van der Waals surface area contributed by atoms with Gasteiger partial charge in [-0.1, -0.05) is 12.2 Å². The molecule has 3 atom stereocenters. The molecule has 2 aliphatic rings. The predicted molar refractivity (Wildman–Crippen MR) is 57.3 cm³/mol. The molecule has 0 aromatic carbocycles. The molecule has 1 aromatic heterocycles. The van der Waals surface area contributed by atoms with Crippen molar-refractivity contribution in [2.24, 2.45) is 17.8 Å². The standard InChI is InChI=1S/C13H14O3/c14-13(16-8-11-2-1-5-15-11)12-7-9-3-4-10(12)6-9/h1-5,9-10,12H,6-8H2/t9-,10-,12-/m0/s1. The highest BCUT2D eigenvalue weighted by molar-refractivity contribution is 5.74. The molecule has 1 heterocycles. The molecule has 0 spiro atoms. The molecule has 0 unspecified atom stereocenters. The van der Waals surface area contributed by atoms with E-state index in [0.717, 1.165) is 12.8 Å². The zero-order valence-electron chi connectivity index (χ0n) is 8.96. The van der Waals surface area contributed by atoms with Crippen LogP contribution in [0.25, 0.3) is 0 Å². The van der Waals surface area contributed by atoms with Gasteiger partial charge in [0, 0.05) is 0 Å². The van der Waals surface area contributed by atoms with E-state index in [1.54, 1.807) is 12.3 Å². The van der Waals surface area contributed by atoms with Gasteiger partial charge in [0.1, 0.15) is 12.4 Å². The Morgan fingerprint density at radius 1 is 1.44 bits per heavy atom. The molecule has 2 aliphatic carbocycles. The minimum atomic E-state index is -0.0757. The molecule has 2 bridgehead atoms. The zero-order valence-corrected chi connectivity index (χ0v) is 8.96. The van der Waals surface area contributed by atoms with E-state index in [1.165, 1.54) is 0 Å². The maximum Gasteiger partial charge on any atom is 0.309 e. The van der Waals surface area contributed by atoms with Gasteiger partial charge in [-0.3, -0.25) is 4.79 Å². The van der Waals surface area contributed by atoms with E-state index in [1.807, 2.05) is 6.07 Å². The number of esters is 1. The third kappa shape index (κ3) is 1.66. The van der Waals surface area contributed by atoms with E-state index in [2.05, 4.69) is 12.2 Å². The van der Waals surface area contributed by atoms with Crippen molar-refractivity contribution in [2.45, 2.75) is 19.4 Å². The Balaban J connectivity index is 1.56. The summed E-state index contributed by atoms with van der Waals surface area (Å²) in [7, 11) is 0. The number of carbonyl (C=O) groups excluding carboxylic acids is 1. The van der Waals surface area contributed by atoms with E-state index in [4.69, 9.17) is 9.15 Å². The van der Waals surface area contributed by atoms with Crippen molar-refractivity contribution in [3.05, 3.63) is 36.3 Å². The molecule has 0 N–H and O–H groups in total. The average Bonchev–Trinajstić information content (AvgIpc) is 3.01. The first-order chi connectivity index (χ1) is 7.83. The fourth-order valence-corrected chi connectivity index (χ4v) is 2.70. The molecule has 1 aromatic rings. The Labute approximate surface area is 94.1 Å². The maximum absolute atomic E-state index is 11.8. The highest BCUT2D eigenvalue weighted by atomic mass is 16.5. The van der Waals surface area contributed by atoms with Crippen molar-refractivity contribution in [1.82, 2.24) is 0 Å². The summed E-state index contributed by atoms with van der Waals surface area (Å²) in [5.74, 6) is 1.71. The predicted octanol–water partition coefficient (Wildman–Crippen LogP) is 2.54. The number of furan rings is 1. The second-order valence-electron chi connectivity index (χ2n) is 4.57. The highest BCUT2D eigenvalue weighted by Gasteiger charge is 2.40. The summed E-state index contributed by atoms with van der Waals surface area (Å²) in [5, 5.41) is 0. The van der Waals surface area contributed by atoms with Gasteiger partial charge in [0.05, 0.1) is 12.2 Å². The van der Waals surface area contributed by atoms with Gasteiger partial charge in [-0.2, -0.15) is 0 Å². The summed E-state index contributed by atoms with van der Waals surface area (Å²) < 4.78 is 10.4. The highest BCUT2D eigenvalue weighted by Crippen LogP contribution is 2.43. The second kappa shape index (κ2) is 3.81. The quantitative estimate of drug-likeness (QED) is 0.578. The number of fused-ring (bicyclic) bond motifs is 2. The Hall–Kier alpha value is -1.51. The van der Waals surface area contributed by atoms with Crippen molar-refractivity contribution in [3.63, 3.8) is 0 Å². The molecular formula is C13H14O3. The summed E-state index contributed by atoms with van der Waals surface area (Å²) in [6.07, 6.45) is 8.05. The van der Waals surface area contributed by atoms with Gasteiger partial charge in [0.2, 0.25) is 0 Å². The van der Waals surface area contributed by atoms with Gasteiger partial charge in [-0.05, 0) is 36.8 Å². The molecular weight excluding hydrogens is 204 g/mol. The van der Waals surface area contributed by atoms with E-state index in [9.17, 15) is 4.79 Å². The van der Waals surface area contributed by atoms with E-state index >= 15 is 0 Å². The SMILES string of the molecule is O=C(OCc1ccco1)[C@H]1C[C@H]2C=C[C@H]1C2. The van der Waals surface area contributed by atoms with Crippen molar-refractivity contribution in [1.29, 1.82) is 0 Å². The summed E-state index contributed by atoms with van der Waals surface area (Å²) in [6.45, 7) is 0.253. The molecule has 1 fully saturated rings. The number of hydrogen-bond acceptors (Lipinski definition) is 3. The Morgan fingerprint density at radius 3 is 3.00 bits per heavy atom. The van der Waals surface area contributed by atoms with Gasteiger partial charge >= 0.3 is 5.97 Å². The Bertz CT molecular complexity index is 405. The van der Waals surface area contributed by atoms with Gasteiger partial charge < -0.3 is 9.15 Å². The zero-order chi connectivity index (χ0) is 11.0. The third-order valence-electron chi connectivity index (χ3n) is 3.52. The molecule has 16 heavy (non-hydrogen) atoms. The lowest BCUT2D eigenvalue weighted by Gasteiger charge is -2.15. The Kier molecular flexibility index (Phi) is 2.31. The number of allylic oxidation sites excluding steroid dienone is 2. The third-order valence-corrected chi connectivity index (χ3v) is 3.52. The molecule has 0 aliphatic heterocycles. The number of rotatable bonds is 3. The fourth-order valence-electron chi connectivity index (χ4n) is 2.70. The average molecular weight is 218 g/mol. The summed E-state index contributed by atoms with van der Waals surface area (Å²) in [4.78, 5) is 11.8. The second-order valence-corrected chi connectivity index (χ2v) is 4.57. The van der Waals surface area contributed by atoms with Crippen molar-refractivity contribution < 1.29 is 13.9 Å². The maximum atomic E-state index is 11.8. The summed E-state index contributed by atoms with van der Waals surface area (Å²) in [5.41, 5.74) is 0. The van der Waals surface area contributed by atoms with Crippen LogP contribution in [-0.2, 0) is 16.1 Å². The normalized spacial score (nSPS) is 30.9. The fraction of sp³-hybridized carbons (Fsp3) is 0.462. The molecule has 0 saturated heterocycles. The van der Waals surface area contributed by atoms with E-state index in [0.29, 0.717) is 17.6 Å². The van der Waals surface area contributed by atoms with Gasteiger partial charge in [0.15, 0.2) is 0 Å². The van der Waals surface area contributed by atoms with Crippen molar-refractivity contribution in [2.75, 3.05) is 0 Å². The smallest absolute Gasteiger partial charge is 0.309 e. The minimum absolute atomic E-state index is 0.0740. The van der Waals surface area contributed by atoms with Crippen LogP contribution in [0.15, 0.2) is 35.0 Å². The van der Waals surface area contributed by atoms with Crippen LogP contribution in [0.5, 0.6) is 0 Å². The van der Waals surface area contributed by atoms with Crippen LogP contribution in [0, 0.1) is 17.8 Å². The van der Waals surface area contributed by atoms with Crippen molar-refractivity contribution >= 4 is 5.97 Å². The van der Waals surface area contributed by atoms with Crippen molar-refractivity contribution in [3.8, 4) is 0 Å². The summed E-state index contributed by atoms with van der Waals surface area (Å²) in [6, 6.07) is 3.61. The largest absolute Gasteiger partial charge is 0.466 e. The van der Waals surface area contributed by atoms with Gasteiger partial charge in [0.25, 0.3) is 0 Å². The first-order valence-electron chi connectivity index (χ1n) is 5.70. The molecule has 84 valence electrons. The molecule has 1 saturated carbocycles. The van der Waals surface area contributed by atoms with Crippen LogP contribution >= 0.6 is 0 Å². The van der Waals surface area contributed by atoms with Gasteiger partial charge in [-0.15, -0.1) is 0 Å². The number of carbonyl (C=O) groups is 1. The van der Waals surface area contributed by atoms with Crippen LogP contribution < -0.4 is 0 Å². The molecule has 0 amide bonds. The lowest BCUT2D eigenvalue weighted by atomic mass is 9.94. The first-order valence-corrected chi connectivity index (χ1v) is 5.70. The van der Waals surface area contributed by atoms with Crippen LogP contribution in [0.2, 0.25) is 0 Å². The molecule has 0 radical (unpaired) electrons. The lowest BCUT2D eigenvalue weighted by molar-refractivity contribution is -0.151. The van der Waals surface area contributed by atoms with Gasteiger partial charge in [-0.25, -0.2) is 0 Å². The van der Waals surface area contributed by atoms with Crippen LogP contribution in [0.3, 0.4) is 0 Å². The number of hydrogen-bond donors (Lipinski definition) is 0. The van der Waals surface area contributed by atoms with Crippen LogP contribution in [0.1, 0.15) is 18.6 Å². The number of ether oxygens (including phenoxy) is 1. The molecule has 3 rings (SSSR count). The first kappa shape index (κ1) is 9.70. The minimum Gasteiger partial charge on any atom is -0.466 e. The van der Waals surface area contributed by atoms with Crippen LogP contribution in [-0.4, -0.2) is 5.97 Å². The molecule has 3 heteroatoms. The summed E-state index contributed by atoms with van der Waals surface area (Å²) >= 11 is 0.